The lowest BCUT2D eigenvalue weighted by molar-refractivity contribution is -0.356. The third-order valence-corrected chi connectivity index (χ3v) is 2.18. The Bertz CT molecular complexity index is 501. The molecule has 0 unspecified atom stereocenters. The fourth-order valence-electron chi connectivity index (χ4n) is 1.42. The summed E-state index contributed by atoms with van der Waals surface area (Å²) in [6.45, 7) is 1.88. The van der Waals surface area contributed by atoms with E-state index in [-0.39, 0.29) is 0 Å². The van der Waals surface area contributed by atoms with Gasteiger partial charge >= 0.3 is 11.8 Å². The molecule has 74 valence electrons. The Morgan fingerprint density at radius 3 is 2.67 bits per heavy atom. The first kappa shape index (κ1) is 9.45. The second-order valence-corrected chi connectivity index (χ2v) is 3.19. The van der Waals surface area contributed by atoms with Gasteiger partial charge in [0.25, 0.3) is 0 Å². The van der Waals surface area contributed by atoms with E-state index in [0.717, 1.165) is 5.56 Å². The average Bonchev–Trinajstić information content (AvgIpc) is 2.23. The third kappa shape index (κ3) is 1.61. The fraction of sp³-hybridized carbons (Fsp3) is 0.0909. The molecule has 4 heteroatoms. The number of hydrogen-bond acceptors (Lipinski definition) is 2. The van der Waals surface area contributed by atoms with Crippen LogP contribution >= 0.6 is 0 Å². The first-order valence-corrected chi connectivity index (χ1v) is 4.51. The van der Waals surface area contributed by atoms with Gasteiger partial charge in [-0.1, -0.05) is 18.2 Å². The number of carbonyl (C=O) groups is 2. The molecule has 1 heterocycles. The zero-order valence-electron chi connectivity index (χ0n) is 8.18. The minimum Gasteiger partial charge on any atom is -0.255 e. The van der Waals surface area contributed by atoms with E-state index in [1.54, 1.807) is 6.07 Å². The fourth-order valence-corrected chi connectivity index (χ4v) is 1.42. The van der Waals surface area contributed by atoms with E-state index >= 15 is 0 Å². The first-order chi connectivity index (χ1) is 7.20. The molecular formula is C11H9N2O2+. The molecule has 0 N–H and O–H groups in total. The highest BCUT2D eigenvalue weighted by atomic mass is 16.2. The van der Waals surface area contributed by atoms with Gasteiger partial charge in [-0.2, -0.15) is 0 Å². The predicted molar refractivity (Wildman–Crippen MR) is 55.7 cm³/mol. The smallest absolute Gasteiger partial charge is 0.255 e. The highest BCUT2D eigenvalue weighted by molar-refractivity contribution is 6.39. The van der Waals surface area contributed by atoms with Crippen molar-refractivity contribution in [1.29, 1.82) is 0 Å². The lowest BCUT2D eigenvalue weighted by Crippen LogP contribution is -2.29. The first-order valence-electron chi connectivity index (χ1n) is 4.51. The van der Waals surface area contributed by atoms with Gasteiger partial charge in [0.1, 0.15) is 0 Å². The third-order valence-electron chi connectivity index (χ3n) is 2.18. The van der Waals surface area contributed by atoms with Crippen molar-refractivity contribution >= 4 is 29.9 Å². The lowest BCUT2D eigenvalue weighted by Gasteiger charge is -2.02. The number of hydrogen-bond donors (Lipinski definition) is 0. The van der Waals surface area contributed by atoms with Gasteiger partial charge in [0, 0.05) is 11.6 Å². The molecule has 0 fully saturated rings. The van der Waals surface area contributed by atoms with Crippen molar-refractivity contribution in [3.05, 3.63) is 29.8 Å². The van der Waals surface area contributed by atoms with Gasteiger partial charge in [-0.25, -0.2) is 9.79 Å². The Balaban J connectivity index is 2.53. The van der Waals surface area contributed by atoms with Crippen LogP contribution in [0.4, 0.5) is 5.69 Å². The number of aliphatic imine (C=N–C) groups is 1. The maximum Gasteiger partial charge on any atom is 0.485 e. The van der Waals surface area contributed by atoms with Crippen LogP contribution in [0.2, 0.25) is 0 Å². The van der Waals surface area contributed by atoms with Crippen molar-refractivity contribution in [1.82, 2.24) is 0 Å². The zero-order valence-corrected chi connectivity index (χ0v) is 8.18. The summed E-state index contributed by atoms with van der Waals surface area (Å²) in [7, 11) is 0. The van der Waals surface area contributed by atoms with Gasteiger partial charge in [-0.05, 0) is 6.92 Å². The lowest BCUT2D eigenvalue weighted by atomic mass is 10.2. The molecule has 1 aromatic carbocycles. The van der Waals surface area contributed by atoms with Gasteiger partial charge in [-0.15, -0.1) is 4.58 Å². The van der Waals surface area contributed by atoms with E-state index in [9.17, 15) is 9.59 Å². The number of nitrogens with zero attached hydrogens (tertiary/aromatic N) is 2. The normalized spacial score (nSPS) is 15.4. The molecule has 1 aliphatic rings. The number of para-hydroxylation sites is 1. The summed E-state index contributed by atoms with van der Waals surface area (Å²) < 4.78 is 1.31. The molecule has 0 saturated heterocycles. The zero-order chi connectivity index (χ0) is 10.8. The Morgan fingerprint density at radius 2 is 1.93 bits per heavy atom. The predicted octanol–water partition coefficient (Wildman–Crippen LogP) is 0.847. The average molecular weight is 201 g/mol. The van der Waals surface area contributed by atoms with Crippen LogP contribution in [0.1, 0.15) is 5.56 Å². The number of benzene rings is 1. The standard InChI is InChI=1S/C11H9N2O2/c1-8-4-2-3-5-9(8)13-7-6-12-10(14)11(13)15/h2-7H,1H3/q+1. The molecule has 0 saturated carbocycles. The Hall–Kier alpha value is -2.10. The van der Waals surface area contributed by atoms with Crippen LogP contribution < -0.4 is 0 Å². The van der Waals surface area contributed by atoms with Crippen LogP contribution in [0, 0.1) is 6.92 Å². The van der Waals surface area contributed by atoms with Crippen molar-refractivity contribution in [2.45, 2.75) is 6.92 Å². The van der Waals surface area contributed by atoms with Crippen molar-refractivity contribution in [3.8, 4) is 0 Å². The number of aryl methyl sites for hydroxylation is 1. The molecule has 15 heavy (non-hydrogen) atoms. The Labute approximate surface area is 86.6 Å². The summed E-state index contributed by atoms with van der Waals surface area (Å²) in [6, 6.07) is 7.37. The highest BCUT2D eigenvalue weighted by Gasteiger charge is 2.31. The SMILES string of the molecule is Cc1ccccc1[N+]1=CC=NC(=O)C1=O. The topological polar surface area (TPSA) is 49.5 Å². The van der Waals surface area contributed by atoms with Gasteiger partial charge in [0.15, 0.2) is 6.21 Å². The van der Waals surface area contributed by atoms with Crippen LogP contribution in [0.5, 0.6) is 0 Å². The molecular weight excluding hydrogens is 192 g/mol. The summed E-state index contributed by atoms with van der Waals surface area (Å²) in [6.07, 6.45) is 2.82. The van der Waals surface area contributed by atoms with E-state index in [0.29, 0.717) is 5.69 Å². The molecule has 0 spiro atoms. The number of rotatable bonds is 1. The number of amides is 2. The van der Waals surface area contributed by atoms with Crippen LogP contribution in [-0.4, -0.2) is 28.8 Å². The maximum atomic E-state index is 11.5. The van der Waals surface area contributed by atoms with Crippen LogP contribution in [0.15, 0.2) is 29.3 Å². The molecule has 0 aromatic heterocycles. The molecule has 0 atom stereocenters. The van der Waals surface area contributed by atoms with Crippen molar-refractivity contribution in [2.75, 3.05) is 0 Å². The summed E-state index contributed by atoms with van der Waals surface area (Å²) in [5.74, 6) is -1.35. The van der Waals surface area contributed by atoms with E-state index < -0.39 is 11.8 Å². The van der Waals surface area contributed by atoms with Gasteiger partial charge in [0.05, 0.1) is 6.21 Å². The minimum absolute atomic E-state index is 0.619. The second-order valence-electron chi connectivity index (χ2n) is 3.19. The Morgan fingerprint density at radius 1 is 1.20 bits per heavy atom. The molecule has 2 amide bonds. The van der Waals surface area contributed by atoms with Crippen molar-refractivity contribution in [3.63, 3.8) is 0 Å². The van der Waals surface area contributed by atoms with Crippen LogP contribution in [-0.2, 0) is 9.59 Å². The van der Waals surface area contributed by atoms with E-state index in [1.807, 2.05) is 25.1 Å². The maximum absolute atomic E-state index is 11.5. The molecule has 4 nitrogen and oxygen atoms in total. The summed E-state index contributed by atoms with van der Waals surface area (Å²) in [4.78, 5) is 26.0. The highest BCUT2D eigenvalue weighted by Crippen LogP contribution is 2.17. The second kappa shape index (κ2) is 3.57. The summed E-state index contributed by atoms with van der Waals surface area (Å²) in [5, 5.41) is 0. The van der Waals surface area contributed by atoms with E-state index in [2.05, 4.69) is 4.99 Å². The van der Waals surface area contributed by atoms with Crippen LogP contribution in [0.3, 0.4) is 0 Å². The van der Waals surface area contributed by atoms with E-state index in [4.69, 9.17) is 0 Å². The monoisotopic (exact) mass is 201 g/mol. The molecule has 0 aliphatic carbocycles. The molecule has 2 rings (SSSR count). The number of carbonyl (C=O) groups excluding carboxylic acids is 2. The quantitative estimate of drug-likeness (QED) is 0.499. The molecule has 0 bridgehead atoms. The van der Waals surface area contributed by atoms with Crippen LogP contribution in [0.25, 0.3) is 0 Å². The largest absolute Gasteiger partial charge is 0.485 e. The molecule has 1 aliphatic heterocycles. The molecule has 0 radical (unpaired) electrons. The minimum atomic E-state index is -0.735. The Kier molecular flexibility index (Phi) is 2.25. The van der Waals surface area contributed by atoms with Gasteiger partial charge in [0.2, 0.25) is 5.69 Å². The summed E-state index contributed by atoms with van der Waals surface area (Å²) >= 11 is 0. The van der Waals surface area contributed by atoms with Crippen molar-refractivity contribution < 1.29 is 14.2 Å². The van der Waals surface area contributed by atoms with Gasteiger partial charge < -0.3 is 0 Å². The summed E-state index contributed by atoms with van der Waals surface area (Å²) in [5.41, 5.74) is 1.65. The van der Waals surface area contributed by atoms with Crippen molar-refractivity contribution in [2.24, 2.45) is 4.99 Å². The van der Waals surface area contributed by atoms with E-state index in [1.165, 1.54) is 17.0 Å². The van der Waals surface area contributed by atoms with Gasteiger partial charge in [-0.3, -0.25) is 4.79 Å². The molecule has 1 aromatic rings.